The largest absolute Gasteiger partial charge is 0.224 e. The van der Waals surface area contributed by atoms with E-state index in [0.717, 1.165) is 22.0 Å². The van der Waals surface area contributed by atoms with Gasteiger partial charge in [0.2, 0.25) is 0 Å². The first-order valence-electron chi connectivity index (χ1n) is 6.00. The van der Waals surface area contributed by atoms with Crippen molar-refractivity contribution in [2.24, 2.45) is 0 Å². The van der Waals surface area contributed by atoms with Crippen molar-refractivity contribution < 1.29 is 8.42 Å². The van der Waals surface area contributed by atoms with E-state index in [-0.39, 0.29) is 0 Å². The molecule has 2 aromatic rings. The van der Waals surface area contributed by atoms with E-state index in [1.807, 2.05) is 18.2 Å². The first kappa shape index (κ1) is 14.3. The lowest BCUT2D eigenvalue weighted by Gasteiger charge is -2.10. The Balaban J connectivity index is 2.60. The van der Waals surface area contributed by atoms with Crippen LogP contribution in [0.5, 0.6) is 0 Å². The van der Waals surface area contributed by atoms with Crippen LogP contribution in [0.25, 0.3) is 11.1 Å². The SMILES string of the molecule is CCc1cc(Br)ccc1-c1cccc(S(C)(=O)=O)c1. The molecule has 0 N–H and O–H groups in total. The van der Waals surface area contributed by atoms with Crippen LogP contribution in [0.15, 0.2) is 51.8 Å². The summed E-state index contributed by atoms with van der Waals surface area (Å²) in [6, 6.07) is 13.2. The molecule has 0 unspecified atom stereocenters. The normalized spacial score (nSPS) is 11.5. The third kappa shape index (κ3) is 3.25. The highest BCUT2D eigenvalue weighted by molar-refractivity contribution is 9.10. The Morgan fingerprint density at radius 1 is 1.11 bits per heavy atom. The fourth-order valence-electron chi connectivity index (χ4n) is 2.03. The molecule has 0 spiro atoms. The Morgan fingerprint density at radius 3 is 2.47 bits per heavy atom. The molecule has 2 rings (SSSR count). The highest BCUT2D eigenvalue weighted by Crippen LogP contribution is 2.28. The number of aryl methyl sites for hydroxylation is 1. The highest BCUT2D eigenvalue weighted by atomic mass is 79.9. The van der Waals surface area contributed by atoms with Gasteiger partial charge < -0.3 is 0 Å². The minimum absolute atomic E-state index is 0.356. The number of hydrogen-bond donors (Lipinski definition) is 0. The van der Waals surface area contributed by atoms with Gasteiger partial charge in [0.05, 0.1) is 4.90 Å². The fraction of sp³-hybridized carbons (Fsp3) is 0.200. The average Bonchev–Trinajstić information content (AvgIpc) is 2.37. The molecule has 100 valence electrons. The van der Waals surface area contributed by atoms with E-state index in [9.17, 15) is 8.42 Å². The van der Waals surface area contributed by atoms with E-state index >= 15 is 0 Å². The second-order valence-electron chi connectivity index (χ2n) is 4.46. The molecule has 0 fully saturated rings. The Kier molecular flexibility index (Phi) is 4.11. The second kappa shape index (κ2) is 5.47. The van der Waals surface area contributed by atoms with E-state index in [4.69, 9.17) is 0 Å². The van der Waals surface area contributed by atoms with Gasteiger partial charge in [0.1, 0.15) is 0 Å². The van der Waals surface area contributed by atoms with Gasteiger partial charge in [-0.3, -0.25) is 0 Å². The number of rotatable bonds is 3. The summed E-state index contributed by atoms with van der Waals surface area (Å²) in [4.78, 5) is 0.356. The number of benzene rings is 2. The van der Waals surface area contributed by atoms with Crippen LogP contribution in [0.4, 0.5) is 0 Å². The number of hydrogen-bond acceptors (Lipinski definition) is 2. The average molecular weight is 339 g/mol. The third-order valence-corrected chi connectivity index (χ3v) is 4.62. The summed E-state index contributed by atoms with van der Waals surface area (Å²) in [5, 5.41) is 0. The molecule has 2 aromatic carbocycles. The van der Waals surface area contributed by atoms with Crippen molar-refractivity contribution in [1.29, 1.82) is 0 Å². The van der Waals surface area contributed by atoms with Crippen molar-refractivity contribution in [3.05, 3.63) is 52.5 Å². The Labute approximate surface area is 122 Å². The molecule has 0 bridgehead atoms. The standard InChI is InChI=1S/C15H15BrO2S/c1-3-11-9-13(16)7-8-15(11)12-5-4-6-14(10-12)19(2,17)18/h4-10H,3H2,1-2H3. The van der Waals surface area contributed by atoms with Crippen molar-refractivity contribution in [2.45, 2.75) is 18.2 Å². The van der Waals surface area contributed by atoms with Gasteiger partial charge in [-0.15, -0.1) is 0 Å². The van der Waals surface area contributed by atoms with Gasteiger partial charge in [-0.1, -0.05) is 41.1 Å². The highest BCUT2D eigenvalue weighted by Gasteiger charge is 2.10. The minimum Gasteiger partial charge on any atom is -0.224 e. The lowest BCUT2D eigenvalue weighted by Crippen LogP contribution is -1.97. The predicted molar refractivity (Wildman–Crippen MR) is 82.1 cm³/mol. The van der Waals surface area contributed by atoms with E-state index in [0.29, 0.717) is 4.90 Å². The third-order valence-electron chi connectivity index (χ3n) is 3.02. The van der Waals surface area contributed by atoms with Crippen LogP contribution in [-0.2, 0) is 16.3 Å². The summed E-state index contributed by atoms with van der Waals surface area (Å²) in [7, 11) is -3.17. The molecule has 0 aliphatic heterocycles. The summed E-state index contributed by atoms with van der Waals surface area (Å²) in [5.41, 5.74) is 3.21. The zero-order valence-corrected chi connectivity index (χ0v) is 13.3. The minimum atomic E-state index is -3.17. The van der Waals surface area contributed by atoms with Gasteiger partial charge in [0, 0.05) is 10.7 Å². The van der Waals surface area contributed by atoms with Crippen molar-refractivity contribution in [1.82, 2.24) is 0 Å². The number of sulfone groups is 1. The molecule has 0 aliphatic carbocycles. The lowest BCUT2D eigenvalue weighted by atomic mass is 9.98. The second-order valence-corrected chi connectivity index (χ2v) is 7.39. The monoisotopic (exact) mass is 338 g/mol. The molecule has 0 saturated heterocycles. The van der Waals surface area contributed by atoms with Gasteiger partial charge >= 0.3 is 0 Å². The van der Waals surface area contributed by atoms with Crippen LogP contribution in [-0.4, -0.2) is 14.7 Å². The fourth-order valence-corrected chi connectivity index (χ4v) is 3.11. The molecular formula is C15H15BrO2S. The van der Waals surface area contributed by atoms with Crippen LogP contribution < -0.4 is 0 Å². The number of halogens is 1. The molecule has 0 aliphatic rings. The van der Waals surface area contributed by atoms with E-state index in [2.05, 4.69) is 28.9 Å². The zero-order valence-electron chi connectivity index (χ0n) is 10.9. The lowest BCUT2D eigenvalue weighted by molar-refractivity contribution is 0.602. The van der Waals surface area contributed by atoms with Gasteiger partial charge in [-0.05, 0) is 47.4 Å². The Morgan fingerprint density at radius 2 is 1.84 bits per heavy atom. The summed E-state index contributed by atoms with van der Waals surface area (Å²) in [6.07, 6.45) is 2.13. The van der Waals surface area contributed by atoms with Crippen LogP contribution in [0.2, 0.25) is 0 Å². The van der Waals surface area contributed by atoms with Crippen LogP contribution in [0.3, 0.4) is 0 Å². The van der Waals surface area contributed by atoms with E-state index in [1.165, 1.54) is 11.8 Å². The van der Waals surface area contributed by atoms with Gasteiger partial charge in [0.15, 0.2) is 9.84 Å². The van der Waals surface area contributed by atoms with Gasteiger partial charge in [-0.2, -0.15) is 0 Å². The molecule has 0 radical (unpaired) electrons. The van der Waals surface area contributed by atoms with Gasteiger partial charge in [-0.25, -0.2) is 8.42 Å². The quantitative estimate of drug-likeness (QED) is 0.844. The molecule has 0 saturated carbocycles. The molecule has 4 heteroatoms. The summed E-state index contributed by atoms with van der Waals surface area (Å²) in [6.45, 7) is 2.09. The first-order chi connectivity index (χ1) is 8.91. The topological polar surface area (TPSA) is 34.1 Å². The molecule has 19 heavy (non-hydrogen) atoms. The maximum Gasteiger partial charge on any atom is 0.175 e. The predicted octanol–water partition coefficient (Wildman–Crippen LogP) is 4.08. The molecular weight excluding hydrogens is 324 g/mol. The molecule has 0 amide bonds. The van der Waals surface area contributed by atoms with Crippen molar-refractivity contribution in [3.8, 4) is 11.1 Å². The summed E-state index contributed by atoms with van der Waals surface area (Å²) in [5.74, 6) is 0. The van der Waals surface area contributed by atoms with E-state index < -0.39 is 9.84 Å². The van der Waals surface area contributed by atoms with E-state index in [1.54, 1.807) is 18.2 Å². The van der Waals surface area contributed by atoms with Crippen LogP contribution in [0.1, 0.15) is 12.5 Å². The molecule has 0 atom stereocenters. The molecule has 0 heterocycles. The van der Waals surface area contributed by atoms with Crippen molar-refractivity contribution >= 4 is 25.8 Å². The first-order valence-corrected chi connectivity index (χ1v) is 8.69. The van der Waals surface area contributed by atoms with Crippen LogP contribution in [0, 0.1) is 0 Å². The Bertz CT molecular complexity index is 706. The zero-order chi connectivity index (χ0) is 14.0. The maximum absolute atomic E-state index is 11.6. The smallest absolute Gasteiger partial charge is 0.175 e. The Hall–Kier alpha value is -1.13. The summed E-state index contributed by atoms with van der Waals surface area (Å²) < 4.78 is 24.3. The molecule has 0 aromatic heterocycles. The van der Waals surface area contributed by atoms with Gasteiger partial charge in [0.25, 0.3) is 0 Å². The van der Waals surface area contributed by atoms with Crippen molar-refractivity contribution in [3.63, 3.8) is 0 Å². The molecule has 2 nitrogen and oxygen atoms in total. The van der Waals surface area contributed by atoms with Crippen LogP contribution >= 0.6 is 15.9 Å². The maximum atomic E-state index is 11.6. The van der Waals surface area contributed by atoms with Crippen molar-refractivity contribution in [2.75, 3.05) is 6.26 Å². The summed E-state index contributed by atoms with van der Waals surface area (Å²) >= 11 is 3.46.